The van der Waals surface area contributed by atoms with Crippen molar-refractivity contribution in [1.29, 1.82) is 0 Å². The van der Waals surface area contributed by atoms with Gasteiger partial charge in [0.2, 0.25) is 0 Å². The second-order valence-corrected chi connectivity index (χ2v) is 4.12. The number of rotatable bonds is 8. The molecule has 0 aromatic carbocycles. The van der Waals surface area contributed by atoms with E-state index in [1.807, 2.05) is 6.92 Å². The lowest BCUT2D eigenvalue weighted by Crippen LogP contribution is -2.50. The highest BCUT2D eigenvalue weighted by atomic mass is 16.5. The maximum absolute atomic E-state index is 11.5. The van der Waals surface area contributed by atoms with E-state index in [1.165, 1.54) is 6.92 Å². The van der Waals surface area contributed by atoms with Crippen LogP contribution in [0.2, 0.25) is 0 Å². The normalized spacial score (nSPS) is 13.2. The molecule has 0 aliphatic heterocycles. The van der Waals surface area contributed by atoms with Gasteiger partial charge in [0.05, 0.1) is 6.61 Å². The Balaban J connectivity index is 4.25. The number of carboxylic acid groups (broad SMARTS) is 1. The van der Waals surface area contributed by atoms with Crippen molar-refractivity contribution in [3.8, 4) is 0 Å². The molecule has 0 saturated heterocycles. The first-order chi connectivity index (χ1) is 8.92. The van der Waals surface area contributed by atoms with Crippen molar-refractivity contribution in [2.24, 2.45) is 0 Å². The number of amides is 2. The Morgan fingerprint density at radius 3 is 2.32 bits per heavy atom. The van der Waals surface area contributed by atoms with Crippen LogP contribution in [0.3, 0.4) is 0 Å². The van der Waals surface area contributed by atoms with Gasteiger partial charge < -0.3 is 20.5 Å². The second-order valence-electron chi connectivity index (χ2n) is 4.12. The number of carbonyl (C=O) groups is 3. The molecule has 0 fully saturated rings. The third-order valence-corrected chi connectivity index (χ3v) is 2.44. The van der Waals surface area contributed by atoms with Crippen LogP contribution in [0.15, 0.2) is 0 Å². The molecule has 0 spiro atoms. The average molecular weight is 274 g/mol. The zero-order valence-electron chi connectivity index (χ0n) is 11.6. The van der Waals surface area contributed by atoms with Gasteiger partial charge in [0.15, 0.2) is 0 Å². The first-order valence-electron chi connectivity index (χ1n) is 6.38. The minimum atomic E-state index is -1.09. The summed E-state index contributed by atoms with van der Waals surface area (Å²) in [6.07, 6.45) is 1.89. The lowest BCUT2D eigenvalue weighted by Gasteiger charge is -2.17. The fourth-order valence-corrected chi connectivity index (χ4v) is 1.39. The van der Waals surface area contributed by atoms with E-state index in [4.69, 9.17) is 9.84 Å². The summed E-state index contributed by atoms with van der Waals surface area (Å²) in [5.41, 5.74) is 0. The van der Waals surface area contributed by atoms with Crippen molar-refractivity contribution < 1.29 is 24.2 Å². The van der Waals surface area contributed by atoms with Gasteiger partial charge in [-0.2, -0.15) is 0 Å². The largest absolute Gasteiger partial charge is 0.480 e. The van der Waals surface area contributed by atoms with E-state index >= 15 is 0 Å². The van der Waals surface area contributed by atoms with Gasteiger partial charge in [-0.1, -0.05) is 19.8 Å². The van der Waals surface area contributed by atoms with Gasteiger partial charge in [-0.05, 0) is 20.3 Å². The Morgan fingerprint density at radius 2 is 1.84 bits per heavy atom. The molecule has 110 valence electrons. The highest BCUT2D eigenvalue weighted by molar-refractivity contribution is 5.86. The van der Waals surface area contributed by atoms with Crippen molar-refractivity contribution in [1.82, 2.24) is 10.6 Å². The fraction of sp³-hybridized carbons (Fsp3) is 0.750. The minimum Gasteiger partial charge on any atom is -0.480 e. The van der Waals surface area contributed by atoms with Crippen LogP contribution in [0.5, 0.6) is 0 Å². The molecule has 7 nitrogen and oxygen atoms in total. The molecular weight excluding hydrogens is 252 g/mol. The zero-order chi connectivity index (χ0) is 14.8. The van der Waals surface area contributed by atoms with Crippen molar-refractivity contribution in [2.45, 2.75) is 52.1 Å². The fourth-order valence-electron chi connectivity index (χ4n) is 1.39. The van der Waals surface area contributed by atoms with Crippen LogP contribution in [-0.4, -0.2) is 41.8 Å². The molecule has 0 radical (unpaired) electrons. The minimum absolute atomic E-state index is 0.223. The van der Waals surface area contributed by atoms with Crippen molar-refractivity contribution in [2.75, 3.05) is 6.61 Å². The number of hydrogen-bond donors (Lipinski definition) is 3. The van der Waals surface area contributed by atoms with Crippen LogP contribution >= 0.6 is 0 Å². The van der Waals surface area contributed by atoms with Crippen molar-refractivity contribution in [3.05, 3.63) is 0 Å². The maximum Gasteiger partial charge on any atom is 0.328 e. The van der Waals surface area contributed by atoms with Crippen LogP contribution in [0.4, 0.5) is 4.79 Å². The standard InChI is InChI=1S/C12H22N2O5/c1-4-6-7-9(10(15)16)14-12(18)13-8(3)11(17)19-5-2/h8-9H,4-7H2,1-3H3,(H,15,16)(H2,13,14,18). The average Bonchev–Trinajstić information content (AvgIpc) is 2.34. The summed E-state index contributed by atoms with van der Waals surface area (Å²) in [7, 11) is 0. The van der Waals surface area contributed by atoms with Gasteiger partial charge >= 0.3 is 18.0 Å². The molecule has 0 bridgehead atoms. The Labute approximate surface area is 112 Å². The van der Waals surface area contributed by atoms with E-state index in [2.05, 4.69) is 10.6 Å². The van der Waals surface area contributed by atoms with Gasteiger partial charge in [0.25, 0.3) is 0 Å². The lowest BCUT2D eigenvalue weighted by molar-refractivity contribution is -0.144. The third-order valence-electron chi connectivity index (χ3n) is 2.44. The van der Waals surface area contributed by atoms with Crippen molar-refractivity contribution >= 4 is 18.0 Å². The number of carboxylic acids is 1. The summed E-state index contributed by atoms with van der Waals surface area (Å²) in [5, 5.41) is 13.6. The molecule has 0 aliphatic carbocycles. The summed E-state index contributed by atoms with van der Waals surface area (Å²) >= 11 is 0. The number of aliphatic carboxylic acids is 1. The van der Waals surface area contributed by atoms with Crippen LogP contribution in [0, 0.1) is 0 Å². The molecule has 2 amide bonds. The van der Waals surface area contributed by atoms with E-state index in [-0.39, 0.29) is 6.61 Å². The number of hydrogen-bond acceptors (Lipinski definition) is 4. The molecule has 0 saturated carbocycles. The van der Waals surface area contributed by atoms with Crippen LogP contribution in [0.1, 0.15) is 40.0 Å². The Hall–Kier alpha value is -1.79. The Morgan fingerprint density at radius 1 is 1.21 bits per heavy atom. The van der Waals surface area contributed by atoms with Crippen molar-refractivity contribution in [3.63, 3.8) is 0 Å². The topological polar surface area (TPSA) is 105 Å². The molecule has 2 unspecified atom stereocenters. The van der Waals surface area contributed by atoms with Gasteiger partial charge in [0.1, 0.15) is 12.1 Å². The molecular formula is C12H22N2O5. The quantitative estimate of drug-likeness (QED) is 0.570. The van der Waals surface area contributed by atoms with E-state index in [0.29, 0.717) is 12.8 Å². The Bertz CT molecular complexity index is 319. The highest BCUT2D eigenvalue weighted by Crippen LogP contribution is 2.01. The van der Waals surface area contributed by atoms with Gasteiger partial charge in [-0.15, -0.1) is 0 Å². The number of carbonyl (C=O) groups excluding carboxylic acids is 2. The molecule has 0 aromatic heterocycles. The molecule has 7 heteroatoms. The van der Waals surface area contributed by atoms with E-state index < -0.39 is 30.1 Å². The molecule has 3 N–H and O–H groups in total. The summed E-state index contributed by atoms with van der Waals surface area (Å²) in [6.45, 7) is 5.29. The van der Waals surface area contributed by atoms with Gasteiger partial charge in [0, 0.05) is 0 Å². The van der Waals surface area contributed by atoms with Crippen LogP contribution in [-0.2, 0) is 14.3 Å². The predicted octanol–water partition coefficient (Wildman–Crippen LogP) is 0.881. The second kappa shape index (κ2) is 9.18. The SMILES string of the molecule is CCCCC(NC(=O)NC(C)C(=O)OCC)C(=O)O. The summed E-state index contributed by atoms with van der Waals surface area (Å²) in [6, 6.07) is -2.46. The molecule has 2 atom stereocenters. The summed E-state index contributed by atoms with van der Waals surface area (Å²) in [4.78, 5) is 33.8. The van der Waals surface area contributed by atoms with E-state index in [0.717, 1.165) is 6.42 Å². The number of urea groups is 1. The first kappa shape index (κ1) is 17.2. The number of unbranched alkanes of at least 4 members (excludes halogenated alkanes) is 1. The summed E-state index contributed by atoms with van der Waals surface area (Å²) < 4.78 is 4.72. The van der Waals surface area contributed by atoms with Crippen LogP contribution in [0.25, 0.3) is 0 Å². The molecule has 0 aromatic rings. The van der Waals surface area contributed by atoms with Crippen LogP contribution < -0.4 is 10.6 Å². The Kier molecular flexibility index (Phi) is 8.32. The zero-order valence-corrected chi connectivity index (χ0v) is 11.6. The number of esters is 1. The first-order valence-corrected chi connectivity index (χ1v) is 6.38. The molecule has 0 rings (SSSR count). The smallest absolute Gasteiger partial charge is 0.328 e. The number of nitrogens with one attached hydrogen (secondary N) is 2. The lowest BCUT2D eigenvalue weighted by atomic mass is 10.1. The van der Waals surface area contributed by atoms with E-state index in [9.17, 15) is 14.4 Å². The molecule has 0 heterocycles. The third kappa shape index (κ3) is 7.28. The summed E-state index contributed by atoms with van der Waals surface area (Å²) in [5.74, 6) is -1.65. The van der Waals surface area contributed by atoms with Gasteiger partial charge in [-0.3, -0.25) is 0 Å². The monoisotopic (exact) mass is 274 g/mol. The maximum atomic E-state index is 11.5. The number of ether oxygens (including phenoxy) is 1. The molecule has 0 aliphatic rings. The van der Waals surface area contributed by atoms with E-state index in [1.54, 1.807) is 6.92 Å². The predicted molar refractivity (Wildman–Crippen MR) is 68.7 cm³/mol. The highest BCUT2D eigenvalue weighted by Gasteiger charge is 2.22. The van der Waals surface area contributed by atoms with Gasteiger partial charge in [-0.25, -0.2) is 14.4 Å². The molecule has 19 heavy (non-hydrogen) atoms.